The van der Waals surface area contributed by atoms with Gasteiger partial charge in [-0.05, 0) is 37.8 Å². The fourth-order valence-corrected chi connectivity index (χ4v) is 3.88. The molecule has 130 valence electrons. The van der Waals surface area contributed by atoms with Crippen molar-refractivity contribution >= 4 is 41.6 Å². The summed E-state index contributed by atoms with van der Waals surface area (Å²) in [6.45, 7) is 0. The zero-order valence-corrected chi connectivity index (χ0v) is 15.3. The fourth-order valence-electron chi connectivity index (χ4n) is 3.88. The van der Waals surface area contributed by atoms with Crippen LogP contribution in [0.4, 0.5) is 0 Å². The SMILES string of the molecule is CN(C(=O)c1ccc2ccccc2n1)C1CC2CCC(C1)N2.Cl.Cl. The minimum Gasteiger partial charge on any atom is -0.337 e. The zero-order valence-electron chi connectivity index (χ0n) is 13.6. The number of piperidine rings is 1. The Morgan fingerprint density at radius 2 is 1.75 bits per heavy atom. The number of carbonyl (C=O) groups excluding carboxylic acids is 1. The molecule has 4 nitrogen and oxygen atoms in total. The number of nitrogens with one attached hydrogen (secondary N) is 1. The van der Waals surface area contributed by atoms with Gasteiger partial charge in [-0.25, -0.2) is 4.98 Å². The summed E-state index contributed by atoms with van der Waals surface area (Å²) >= 11 is 0. The first-order chi connectivity index (χ1) is 10.7. The van der Waals surface area contributed by atoms with E-state index in [9.17, 15) is 4.79 Å². The molecule has 0 aliphatic carbocycles. The largest absolute Gasteiger partial charge is 0.337 e. The third kappa shape index (κ3) is 3.51. The summed E-state index contributed by atoms with van der Waals surface area (Å²) in [5, 5.41) is 4.70. The average Bonchev–Trinajstić information content (AvgIpc) is 2.91. The highest BCUT2D eigenvalue weighted by Crippen LogP contribution is 2.29. The number of nitrogens with zero attached hydrogens (tertiary/aromatic N) is 2. The summed E-state index contributed by atoms with van der Waals surface area (Å²) in [6, 6.07) is 13.3. The van der Waals surface area contributed by atoms with Crippen molar-refractivity contribution in [2.45, 2.75) is 43.8 Å². The van der Waals surface area contributed by atoms with E-state index in [0.29, 0.717) is 23.8 Å². The van der Waals surface area contributed by atoms with Crippen LogP contribution in [0.25, 0.3) is 10.9 Å². The highest BCUT2D eigenvalue weighted by molar-refractivity contribution is 5.95. The van der Waals surface area contributed by atoms with Gasteiger partial charge in [0, 0.05) is 30.6 Å². The maximum absolute atomic E-state index is 12.8. The van der Waals surface area contributed by atoms with Crippen LogP contribution in [-0.4, -0.2) is 41.0 Å². The van der Waals surface area contributed by atoms with Crippen LogP contribution in [0.5, 0.6) is 0 Å². The number of benzene rings is 1. The van der Waals surface area contributed by atoms with Crippen LogP contribution < -0.4 is 5.32 Å². The molecule has 2 bridgehead atoms. The van der Waals surface area contributed by atoms with E-state index in [0.717, 1.165) is 23.7 Å². The number of halogens is 2. The molecule has 0 saturated carbocycles. The second kappa shape index (κ2) is 7.68. The number of rotatable bonds is 2. The van der Waals surface area contributed by atoms with Crippen LogP contribution in [0.3, 0.4) is 0 Å². The van der Waals surface area contributed by atoms with Gasteiger partial charge in [0.2, 0.25) is 0 Å². The molecule has 0 radical (unpaired) electrons. The summed E-state index contributed by atoms with van der Waals surface area (Å²) < 4.78 is 0. The van der Waals surface area contributed by atoms with Gasteiger partial charge in [-0.1, -0.05) is 24.3 Å². The molecule has 3 heterocycles. The molecule has 4 rings (SSSR count). The number of amides is 1. The van der Waals surface area contributed by atoms with Crippen LogP contribution in [-0.2, 0) is 0 Å². The summed E-state index contributed by atoms with van der Waals surface area (Å²) in [5.41, 5.74) is 1.43. The fraction of sp³-hybridized carbons (Fsp3) is 0.444. The first-order valence-electron chi connectivity index (χ1n) is 8.10. The summed E-state index contributed by atoms with van der Waals surface area (Å²) in [4.78, 5) is 19.2. The highest BCUT2D eigenvalue weighted by Gasteiger charge is 2.36. The Balaban J connectivity index is 0.00000104. The minimum absolute atomic E-state index is 0. The second-order valence-corrected chi connectivity index (χ2v) is 6.57. The molecular weight excluding hydrogens is 345 g/mol. The van der Waals surface area contributed by atoms with E-state index in [1.54, 1.807) is 0 Å². The van der Waals surface area contributed by atoms with Crippen molar-refractivity contribution in [1.82, 2.24) is 15.2 Å². The molecule has 0 spiro atoms. The Hall–Kier alpha value is -1.36. The molecule has 1 amide bonds. The summed E-state index contributed by atoms with van der Waals surface area (Å²) in [6.07, 6.45) is 4.62. The predicted octanol–water partition coefficient (Wildman–Crippen LogP) is 3.43. The third-order valence-corrected chi connectivity index (χ3v) is 5.13. The summed E-state index contributed by atoms with van der Waals surface area (Å²) in [7, 11) is 1.93. The van der Waals surface area contributed by atoms with E-state index in [1.165, 1.54) is 12.8 Å². The van der Waals surface area contributed by atoms with Crippen molar-refractivity contribution in [2.75, 3.05) is 7.05 Å². The van der Waals surface area contributed by atoms with Crippen molar-refractivity contribution < 1.29 is 4.79 Å². The number of hydrogen-bond donors (Lipinski definition) is 1. The van der Waals surface area contributed by atoms with Gasteiger partial charge in [-0.3, -0.25) is 4.79 Å². The molecule has 6 heteroatoms. The summed E-state index contributed by atoms with van der Waals surface area (Å²) in [5.74, 6) is 0.0389. The van der Waals surface area contributed by atoms with Crippen LogP contribution in [0, 0.1) is 0 Å². The first-order valence-corrected chi connectivity index (χ1v) is 8.10. The van der Waals surface area contributed by atoms with E-state index < -0.39 is 0 Å². The van der Waals surface area contributed by atoms with Crippen molar-refractivity contribution in [3.8, 4) is 0 Å². The topological polar surface area (TPSA) is 45.2 Å². The zero-order chi connectivity index (χ0) is 15.1. The lowest BCUT2D eigenvalue weighted by atomic mass is 9.98. The molecule has 2 unspecified atom stereocenters. The van der Waals surface area contributed by atoms with Gasteiger partial charge in [0.05, 0.1) is 5.52 Å². The molecule has 1 aromatic heterocycles. The minimum atomic E-state index is 0. The van der Waals surface area contributed by atoms with Gasteiger partial charge in [-0.2, -0.15) is 0 Å². The Morgan fingerprint density at radius 1 is 1.08 bits per heavy atom. The van der Waals surface area contributed by atoms with E-state index in [-0.39, 0.29) is 30.7 Å². The van der Waals surface area contributed by atoms with Crippen LogP contribution in [0.1, 0.15) is 36.2 Å². The highest BCUT2D eigenvalue weighted by atomic mass is 35.5. The molecule has 2 aromatic rings. The smallest absolute Gasteiger partial charge is 0.272 e. The second-order valence-electron chi connectivity index (χ2n) is 6.57. The third-order valence-electron chi connectivity index (χ3n) is 5.13. The Morgan fingerprint density at radius 3 is 2.46 bits per heavy atom. The first kappa shape index (κ1) is 19.0. The maximum atomic E-state index is 12.8. The average molecular weight is 368 g/mol. The normalized spacial score (nSPS) is 24.8. The van der Waals surface area contributed by atoms with Gasteiger partial charge in [0.1, 0.15) is 5.69 Å². The maximum Gasteiger partial charge on any atom is 0.272 e. The predicted molar refractivity (Wildman–Crippen MR) is 101 cm³/mol. The number of pyridine rings is 1. The van der Waals surface area contributed by atoms with Crippen LogP contribution in [0.2, 0.25) is 0 Å². The monoisotopic (exact) mass is 367 g/mol. The Labute approximate surface area is 154 Å². The van der Waals surface area contributed by atoms with Gasteiger partial charge < -0.3 is 10.2 Å². The molecular formula is C18H23Cl2N3O. The lowest BCUT2D eigenvalue weighted by molar-refractivity contribution is 0.0676. The number of hydrogen-bond acceptors (Lipinski definition) is 3. The van der Waals surface area contributed by atoms with Crippen molar-refractivity contribution in [3.05, 3.63) is 42.1 Å². The number of para-hydroxylation sites is 1. The van der Waals surface area contributed by atoms with E-state index >= 15 is 0 Å². The molecule has 2 fully saturated rings. The molecule has 2 atom stereocenters. The molecule has 1 N–H and O–H groups in total. The Bertz CT molecular complexity index is 712. The van der Waals surface area contributed by atoms with E-state index in [4.69, 9.17) is 0 Å². The molecule has 1 aromatic carbocycles. The number of aromatic nitrogens is 1. The van der Waals surface area contributed by atoms with Crippen molar-refractivity contribution in [3.63, 3.8) is 0 Å². The Kier molecular flexibility index (Phi) is 6.07. The quantitative estimate of drug-likeness (QED) is 0.883. The number of fused-ring (bicyclic) bond motifs is 3. The standard InChI is InChI=1S/C18H21N3O.2ClH/c1-21(15-10-13-7-8-14(11-15)19-13)18(22)17-9-6-12-4-2-3-5-16(12)20-17;;/h2-6,9,13-15,19H,7-8,10-11H2,1H3;2*1H. The lowest BCUT2D eigenvalue weighted by Gasteiger charge is -2.35. The lowest BCUT2D eigenvalue weighted by Crippen LogP contribution is -2.48. The molecule has 2 aliphatic rings. The van der Waals surface area contributed by atoms with E-state index in [2.05, 4.69) is 10.3 Å². The van der Waals surface area contributed by atoms with Crippen molar-refractivity contribution in [2.24, 2.45) is 0 Å². The molecule has 24 heavy (non-hydrogen) atoms. The number of carbonyl (C=O) groups is 1. The van der Waals surface area contributed by atoms with Crippen LogP contribution >= 0.6 is 24.8 Å². The van der Waals surface area contributed by atoms with Gasteiger partial charge in [-0.15, -0.1) is 24.8 Å². The van der Waals surface area contributed by atoms with Crippen LogP contribution in [0.15, 0.2) is 36.4 Å². The van der Waals surface area contributed by atoms with E-state index in [1.807, 2.05) is 48.3 Å². The van der Waals surface area contributed by atoms with Gasteiger partial charge >= 0.3 is 0 Å². The van der Waals surface area contributed by atoms with Crippen molar-refractivity contribution in [1.29, 1.82) is 0 Å². The van der Waals surface area contributed by atoms with Gasteiger partial charge in [0.25, 0.3) is 5.91 Å². The molecule has 2 saturated heterocycles. The van der Waals surface area contributed by atoms with Gasteiger partial charge in [0.15, 0.2) is 0 Å². The molecule has 2 aliphatic heterocycles.